The molecule has 4 nitrogen and oxygen atoms in total. The monoisotopic (exact) mass is 280 g/mol. The maximum absolute atomic E-state index is 12.3. The molecule has 0 bridgehead atoms. The van der Waals surface area contributed by atoms with Crippen molar-refractivity contribution in [2.45, 2.75) is 6.54 Å². The summed E-state index contributed by atoms with van der Waals surface area (Å²) in [5, 5.41) is 0. The smallest absolute Gasteiger partial charge is 0.247 e. The van der Waals surface area contributed by atoms with Gasteiger partial charge in [-0.3, -0.25) is 9.59 Å². The van der Waals surface area contributed by atoms with Crippen LogP contribution in [-0.2, 0) is 11.3 Å². The Labute approximate surface area is 123 Å². The van der Waals surface area contributed by atoms with Gasteiger partial charge in [-0.2, -0.15) is 0 Å². The highest BCUT2D eigenvalue weighted by molar-refractivity contribution is 6.14. The van der Waals surface area contributed by atoms with Crippen molar-refractivity contribution in [3.63, 3.8) is 0 Å². The Bertz CT molecular complexity index is 672. The molecule has 0 radical (unpaired) electrons. The molecule has 0 unspecified atom stereocenters. The quantitative estimate of drug-likeness (QED) is 0.787. The average Bonchev–Trinajstić information content (AvgIpc) is 3.15. The average molecular weight is 280 g/mol. The summed E-state index contributed by atoms with van der Waals surface area (Å²) in [5.74, 6) is -0.145. The molecule has 21 heavy (non-hydrogen) atoms. The first kappa shape index (κ1) is 13.4. The first-order chi connectivity index (χ1) is 10.2. The highest BCUT2D eigenvalue weighted by atomic mass is 16.2. The predicted molar refractivity (Wildman–Crippen MR) is 79.9 cm³/mol. The topological polar surface area (TPSA) is 42.3 Å². The maximum atomic E-state index is 12.3. The van der Waals surface area contributed by atoms with Crippen molar-refractivity contribution in [3.05, 3.63) is 72.1 Å². The van der Waals surface area contributed by atoms with Crippen molar-refractivity contribution in [2.24, 2.45) is 0 Å². The number of hydrogen-bond donors (Lipinski definition) is 0. The van der Waals surface area contributed by atoms with Gasteiger partial charge < -0.3 is 9.47 Å². The Morgan fingerprint density at radius 3 is 2.43 bits per heavy atom. The molecule has 0 saturated carbocycles. The summed E-state index contributed by atoms with van der Waals surface area (Å²) < 4.78 is 2.02. The third-order valence-electron chi connectivity index (χ3n) is 3.59. The second-order valence-corrected chi connectivity index (χ2v) is 5.05. The molecule has 2 aromatic rings. The normalized spacial score (nSPS) is 14.4. The van der Waals surface area contributed by atoms with Gasteiger partial charge in [0.05, 0.1) is 6.54 Å². The molecular weight excluding hydrogens is 264 g/mol. The molecule has 1 aliphatic heterocycles. The first-order valence-corrected chi connectivity index (χ1v) is 6.94. The van der Waals surface area contributed by atoms with Gasteiger partial charge in [0.15, 0.2) is 5.78 Å². The number of hydrogen-bond acceptors (Lipinski definition) is 2. The van der Waals surface area contributed by atoms with Crippen molar-refractivity contribution in [2.75, 3.05) is 13.1 Å². The van der Waals surface area contributed by atoms with Gasteiger partial charge in [0, 0.05) is 42.7 Å². The Morgan fingerprint density at radius 1 is 1.00 bits per heavy atom. The van der Waals surface area contributed by atoms with E-state index < -0.39 is 0 Å². The van der Waals surface area contributed by atoms with E-state index in [-0.39, 0.29) is 11.7 Å². The van der Waals surface area contributed by atoms with Crippen LogP contribution in [0, 0.1) is 0 Å². The van der Waals surface area contributed by atoms with Crippen molar-refractivity contribution in [1.29, 1.82) is 0 Å². The number of Topliss-reactive ketones (excluding diaryl/α,β-unsaturated/α-hetero) is 1. The van der Waals surface area contributed by atoms with Crippen LogP contribution in [0.5, 0.6) is 0 Å². The second kappa shape index (κ2) is 5.79. The first-order valence-electron chi connectivity index (χ1n) is 6.94. The van der Waals surface area contributed by atoms with Crippen LogP contribution in [-0.4, -0.2) is 34.2 Å². The number of carbonyl (C=O) groups excluding carboxylic acids is 2. The predicted octanol–water partition coefficient (Wildman–Crippen LogP) is 2.14. The van der Waals surface area contributed by atoms with Crippen LogP contribution in [0.15, 0.2) is 66.5 Å². The lowest BCUT2D eigenvalue weighted by molar-refractivity contribution is -0.124. The van der Waals surface area contributed by atoms with Crippen molar-refractivity contribution < 1.29 is 9.59 Å². The van der Waals surface area contributed by atoms with Crippen molar-refractivity contribution >= 4 is 11.7 Å². The summed E-state index contributed by atoms with van der Waals surface area (Å²) in [7, 11) is 0. The van der Waals surface area contributed by atoms with Gasteiger partial charge in [-0.1, -0.05) is 30.3 Å². The molecule has 106 valence electrons. The van der Waals surface area contributed by atoms with Gasteiger partial charge in [0.25, 0.3) is 0 Å². The number of benzene rings is 1. The summed E-state index contributed by atoms with van der Waals surface area (Å²) in [4.78, 5) is 26.0. The standard InChI is InChI=1S/C17H16N2O2/c20-16-12-15(17(21)14-6-2-1-3-7-14)13-19(16)11-10-18-8-4-5-9-18/h1-9,12H,10-11,13H2. The minimum atomic E-state index is -0.0820. The van der Waals surface area contributed by atoms with Crippen molar-refractivity contribution in [3.8, 4) is 0 Å². The molecule has 1 amide bonds. The van der Waals surface area contributed by atoms with Crippen LogP contribution in [0.3, 0.4) is 0 Å². The largest absolute Gasteiger partial charge is 0.352 e. The molecule has 0 spiro atoms. The number of rotatable bonds is 5. The fourth-order valence-corrected chi connectivity index (χ4v) is 2.43. The van der Waals surface area contributed by atoms with Crippen LogP contribution in [0.25, 0.3) is 0 Å². The Morgan fingerprint density at radius 2 is 1.71 bits per heavy atom. The highest BCUT2D eigenvalue weighted by Crippen LogP contribution is 2.16. The fourth-order valence-electron chi connectivity index (χ4n) is 2.43. The minimum absolute atomic E-state index is 0.0626. The molecule has 0 saturated heterocycles. The molecule has 0 atom stereocenters. The molecule has 4 heteroatoms. The number of aromatic nitrogens is 1. The van der Waals surface area contributed by atoms with E-state index in [4.69, 9.17) is 0 Å². The molecule has 0 N–H and O–H groups in total. The fraction of sp³-hybridized carbons (Fsp3) is 0.176. The zero-order valence-corrected chi connectivity index (χ0v) is 11.6. The van der Waals surface area contributed by atoms with E-state index >= 15 is 0 Å². The Hall–Kier alpha value is -2.62. The number of carbonyl (C=O) groups is 2. The van der Waals surface area contributed by atoms with E-state index in [0.717, 1.165) is 6.54 Å². The van der Waals surface area contributed by atoms with Crippen LogP contribution in [0.1, 0.15) is 10.4 Å². The third kappa shape index (κ3) is 2.94. The molecule has 0 aliphatic carbocycles. The summed E-state index contributed by atoms with van der Waals surface area (Å²) >= 11 is 0. The zero-order chi connectivity index (χ0) is 14.7. The van der Waals surface area contributed by atoms with E-state index in [1.165, 1.54) is 6.08 Å². The molecule has 1 aromatic heterocycles. The highest BCUT2D eigenvalue weighted by Gasteiger charge is 2.25. The molecular formula is C17H16N2O2. The van der Waals surface area contributed by atoms with Crippen LogP contribution >= 0.6 is 0 Å². The van der Waals surface area contributed by atoms with Gasteiger partial charge in [-0.05, 0) is 12.1 Å². The zero-order valence-electron chi connectivity index (χ0n) is 11.6. The summed E-state index contributed by atoms with van der Waals surface area (Å²) in [5.41, 5.74) is 1.20. The minimum Gasteiger partial charge on any atom is -0.352 e. The number of nitrogens with zero attached hydrogens (tertiary/aromatic N) is 2. The van der Waals surface area contributed by atoms with Crippen LogP contribution in [0.4, 0.5) is 0 Å². The van der Waals surface area contributed by atoms with Gasteiger partial charge in [-0.15, -0.1) is 0 Å². The lowest BCUT2D eigenvalue weighted by Gasteiger charge is -2.16. The third-order valence-corrected chi connectivity index (χ3v) is 3.59. The second-order valence-electron chi connectivity index (χ2n) is 5.05. The van der Waals surface area contributed by atoms with E-state index in [0.29, 0.717) is 24.2 Å². The lowest BCUT2D eigenvalue weighted by atomic mass is 10.0. The van der Waals surface area contributed by atoms with Gasteiger partial charge in [0.2, 0.25) is 5.91 Å². The van der Waals surface area contributed by atoms with E-state index in [1.807, 2.05) is 47.3 Å². The molecule has 2 heterocycles. The lowest BCUT2D eigenvalue weighted by Crippen LogP contribution is -2.30. The maximum Gasteiger partial charge on any atom is 0.247 e. The van der Waals surface area contributed by atoms with Crippen LogP contribution in [0.2, 0.25) is 0 Å². The SMILES string of the molecule is O=C(C1=CC(=O)N(CCn2cccc2)C1)c1ccccc1. The van der Waals surface area contributed by atoms with Gasteiger partial charge >= 0.3 is 0 Å². The van der Waals surface area contributed by atoms with Crippen molar-refractivity contribution in [1.82, 2.24) is 9.47 Å². The molecule has 1 aliphatic rings. The van der Waals surface area contributed by atoms with E-state index in [1.54, 1.807) is 17.0 Å². The molecule has 1 aromatic carbocycles. The number of amides is 1. The van der Waals surface area contributed by atoms with Gasteiger partial charge in [0.1, 0.15) is 0 Å². The van der Waals surface area contributed by atoms with Gasteiger partial charge in [-0.25, -0.2) is 0 Å². The summed E-state index contributed by atoms with van der Waals surface area (Å²) in [6.45, 7) is 1.74. The Kier molecular flexibility index (Phi) is 3.69. The van der Waals surface area contributed by atoms with E-state index in [2.05, 4.69) is 0 Å². The molecule has 3 rings (SSSR count). The molecule has 0 fully saturated rings. The number of ketones is 1. The Balaban J connectivity index is 1.63. The van der Waals surface area contributed by atoms with E-state index in [9.17, 15) is 9.59 Å². The summed E-state index contributed by atoms with van der Waals surface area (Å²) in [6, 6.07) is 13.0. The summed E-state index contributed by atoms with van der Waals surface area (Å²) in [6.07, 6.45) is 5.39. The van der Waals surface area contributed by atoms with Crippen LogP contribution < -0.4 is 0 Å².